The van der Waals surface area contributed by atoms with Crippen molar-refractivity contribution in [3.63, 3.8) is 0 Å². The fourth-order valence-electron chi connectivity index (χ4n) is 2.36. The SMILES string of the molecule is COc1ccc2cccc(C(C)COS(=O)(=O)CNC(C)=O)c2c1. The first-order valence-electron chi connectivity index (χ1n) is 7.50. The first-order valence-corrected chi connectivity index (χ1v) is 9.08. The number of nitrogens with one attached hydrogen (secondary N) is 1. The molecule has 0 aliphatic heterocycles. The molecule has 0 saturated carbocycles. The molecular weight excluding hydrogens is 330 g/mol. The summed E-state index contributed by atoms with van der Waals surface area (Å²) in [6.45, 7) is 3.14. The van der Waals surface area contributed by atoms with Gasteiger partial charge >= 0.3 is 0 Å². The molecule has 7 heteroatoms. The molecule has 1 atom stereocenters. The summed E-state index contributed by atoms with van der Waals surface area (Å²) in [5, 5.41) is 4.26. The Morgan fingerprint density at radius 1 is 1.25 bits per heavy atom. The van der Waals surface area contributed by atoms with E-state index < -0.39 is 21.9 Å². The van der Waals surface area contributed by atoms with Gasteiger partial charge in [0.25, 0.3) is 10.1 Å². The average molecular weight is 351 g/mol. The van der Waals surface area contributed by atoms with Crippen LogP contribution in [-0.4, -0.2) is 33.9 Å². The van der Waals surface area contributed by atoms with Crippen LogP contribution in [0.4, 0.5) is 0 Å². The number of hydrogen-bond acceptors (Lipinski definition) is 5. The molecule has 0 fully saturated rings. The van der Waals surface area contributed by atoms with Crippen molar-refractivity contribution in [1.82, 2.24) is 5.32 Å². The standard InChI is InChI=1S/C17H21NO5S/c1-12(10-23-24(20,21)11-18-13(2)19)16-6-4-5-14-7-8-15(22-3)9-17(14)16/h4-9,12H,10-11H2,1-3H3,(H,18,19). The second-order valence-electron chi connectivity index (χ2n) is 5.55. The molecule has 0 spiro atoms. The van der Waals surface area contributed by atoms with Crippen molar-refractivity contribution < 1.29 is 22.1 Å². The van der Waals surface area contributed by atoms with E-state index in [1.165, 1.54) is 6.92 Å². The zero-order chi connectivity index (χ0) is 17.7. The van der Waals surface area contributed by atoms with Crippen molar-refractivity contribution in [2.24, 2.45) is 0 Å². The molecule has 0 bridgehead atoms. The highest BCUT2D eigenvalue weighted by Crippen LogP contribution is 2.29. The predicted octanol–water partition coefficient (Wildman–Crippen LogP) is 2.39. The van der Waals surface area contributed by atoms with E-state index in [1.54, 1.807) is 7.11 Å². The fourth-order valence-corrected chi connectivity index (χ4v) is 3.23. The quantitative estimate of drug-likeness (QED) is 0.775. The number of rotatable bonds is 7. The van der Waals surface area contributed by atoms with Crippen LogP contribution in [0.25, 0.3) is 10.8 Å². The Kier molecular flexibility index (Phi) is 5.80. The molecule has 0 saturated heterocycles. The van der Waals surface area contributed by atoms with Crippen LogP contribution in [-0.2, 0) is 19.1 Å². The summed E-state index contributed by atoms with van der Waals surface area (Å²) in [6, 6.07) is 11.6. The van der Waals surface area contributed by atoms with Crippen LogP contribution < -0.4 is 10.1 Å². The van der Waals surface area contributed by atoms with Crippen LogP contribution in [0.2, 0.25) is 0 Å². The van der Waals surface area contributed by atoms with Crippen LogP contribution in [0, 0.1) is 0 Å². The van der Waals surface area contributed by atoms with Crippen molar-refractivity contribution >= 4 is 26.8 Å². The summed E-state index contributed by atoms with van der Waals surface area (Å²) in [5.41, 5.74) is 0.973. The van der Waals surface area contributed by atoms with Crippen LogP contribution >= 0.6 is 0 Å². The van der Waals surface area contributed by atoms with Gasteiger partial charge in [-0.3, -0.25) is 8.98 Å². The highest BCUT2D eigenvalue weighted by molar-refractivity contribution is 7.86. The molecular formula is C17H21NO5S. The van der Waals surface area contributed by atoms with Gasteiger partial charge in [-0.15, -0.1) is 0 Å². The maximum absolute atomic E-state index is 11.8. The molecule has 130 valence electrons. The van der Waals surface area contributed by atoms with E-state index in [2.05, 4.69) is 5.32 Å². The Bertz CT molecular complexity index is 832. The smallest absolute Gasteiger partial charge is 0.285 e. The van der Waals surface area contributed by atoms with Gasteiger partial charge < -0.3 is 10.1 Å². The molecule has 0 radical (unpaired) electrons. The number of amides is 1. The number of ether oxygens (including phenoxy) is 1. The van der Waals surface area contributed by atoms with E-state index in [0.29, 0.717) is 0 Å². The van der Waals surface area contributed by atoms with Gasteiger partial charge in [0.2, 0.25) is 5.91 Å². The molecule has 0 aliphatic rings. The molecule has 2 rings (SSSR count). The minimum Gasteiger partial charge on any atom is -0.497 e. The molecule has 0 heterocycles. The molecule has 24 heavy (non-hydrogen) atoms. The summed E-state index contributed by atoms with van der Waals surface area (Å²) in [6.07, 6.45) is 0. The van der Waals surface area contributed by atoms with Crippen LogP contribution in [0.1, 0.15) is 25.3 Å². The largest absolute Gasteiger partial charge is 0.497 e. The van der Waals surface area contributed by atoms with Crippen LogP contribution in [0.3, 0.4) is 0 Å². The zero-order valence-corrected chi connectivity index (χ0v) is 14.7. The van der Waals surface area contributed by atoms with Gasteiger partial charge in [-0.25, -0.2) is 0 Å². The average Bonchev–Trinajstić information content (AvgIpc) is 2.57. The lowest BCUT2D eigenvalue weighted by atomic mass is 9.95. The lowest BCUT2D eigenvalue weighted by molar-refractivity contribution is -0.118. The maximum atomic E-state index is 11.8. The van der Waals surface area contributed by atoms with Gasteiger partial charge in [-0.2, -0.15) is 8.42 Å². The van der Waals surface area contributed by atoms with E-state index in [-0.39, 0.29) is 12.5 Å². The molecule has 0 aliphatic carbocycles. The minimum atomic E-state index is -3.80. The predicted molar refractivity (Wildman–Crippen MR) is 92.5 cm³/mol. The number of carbonyl (C=O) groups excluding carboxylic acids is 1. The van der Waals surface area contributed by atoms with Crippen molar-refractivity contribution in [2.45, 2.75) is 19.8 Å². The lowest BCUT2D eigenvalue weighted by Gasteiger charge is -2.15. The highest BCUT2D eigenvalue weighted by atomic mass is 32.2. The fraction of sp³-hybridized carbons (Fsp3) is 0.353. The Morgan fingerprint density at radius 2 is 2.00 bits per heavy atom. The van der Waals surface area contributed by atoms with Crippen LogP contribution in [0.15, 0.2) is 36.4 Å². The van der Waals surface area contributed by atoms with Crippen molar-refractivity contribution in [2.75, 3.05) is 19.6 Å². The third-order valence-electron chi connectivity index (χ3n) is 3.65. The van der Waals surface area contributed by atoms with E-state index in [0.717, 1.165) is 22.1 Å². The third kappa shape index (κ3) is 4.69. The topological polar surface area (TPSA) is 81.7 Å². The van der Waals surface area contributed by atoms with Gasteiger partial charge in [-0.05, 0) is 28.5 Å². The molecule has 1 N–H and O–H groups in total. The van der Waals surface area contributed by atoms with E-state index in [1.807, 2.05) is 43.3 Å². The minimum absolute atomic E-state index is 0.00174. The summed E-state index contributed by atoms with van der Waals surface area (Å²) in [4.78, 5) is 10.8. The third-order valence-corrected chi connectivity index (χ3v) is 4.64. The van der Waals surface area contributed by atoms with E-state index in [4.69, 9.17) is 8.92 Å². The molecule has 2 aromatic carbocycles. The second kappa shape index (κ2) is 7.63. The van der Waals surface area contributed by atoms with E-state index in [9.17, 15) is 13.2 Å². The maximum Gasteiger partial charge on any atom is 0.285 e. The number of fused-ring (bicyclic) bond motifs is 1. The summed E-state index contributed by atoms with van der Waals surface area (Å²) in [5.74, 6) is -0.357. The van der Waals surface area contributed by atoms with Gasteiger partial charge in [-0.1, -0.05) is 31.2 Å². The van der Waals surface area contributed by atoms with Gasteiger partial charge in [0.15, 0.2) is 0 Å². The van der Waals surface area contributed by atoms with Crippen LogP contribution in [0.5, 0.6) is 5.75 Å². The lowest BCUT2D eigenvalue weighted by Crippen LogP contribution is -2.29. The summed E-state index contributed by atoms with van der Waals surface area (Å²) < 4.78 is 33.8. The van der Waals surface area contributed by atoms with Gasteiger partial charge in [0.05, 0.1) is 13.7 Å². The van der Waals surface area contributed by atoms with Gasteiger partial charge in [0.1, 0.15) is 11.6 Å². The Balaban J connectivity index is 2.16. The number of carbonyl (C=O) groups is 1. The molecule has 2 aromatic rings. The monoisotopic (exact) mass is 351 g/mol. The van der Waals surface area contributed by atoms with Crippen molar-refractivity contribution in [3.05, 3.63) is 42.0 Å². The zero-order valence-electron chi connectivity index (χ0n) is 13.9. The number of hydrogen-bond donors (Lipinski definition) is 1. The normalized spacial score (nSPS) is 12.8. The Labute approximate surface area is 141 Å². The number of benzene rings is 2. The van der Waals surface area contributed by atoms with E-state index >= 15 is 0 Å². The van der Waals surface area contributed by atoms with Crippen molar-refractivity contribution in [3.8, 4) is 5.75 Å². The number of methoxy groups -OCH3 is 1. The molecule has 1 unspecified atom stereocenters. The van der Waals surface area contributed by atoms with Crippen molar-refractivity contribution in [1.29, 1.82) is 0 Å². The first kappa shape index (κ1) is 18.2. The summed E-state index contributed by atoms with van der Waals surface area (Å²) in [7, 11) is -2.20. The van der Waals surface area contributed by atoms with Gasteiger partial charge in [0, 0.05) is 12.8 Å². The Morgan fingerprint density at radius 3 is 2.67 bits per heavy atom. The first-order chi connectivity index (χ1) is 11.3. The molecule has 1 amide bonds. The molecule has 6 nitrogen and oxygen atoms in total. The second-order valence-corrected chi connectivity index (χ2v) is 7.19. The Hall–Kier alpha value is -2.12. The highest BCUT2D eigenvalue weighted by Gasteiger charge is 2.16. The molecule has 0 aromatic heterocycles. The summed E-state index contributed by atoms with van der Waals surface area (Å²) >= 11 is 0.